The van der Waals surface area contributed by atoms with E-state index >= 15 is 0 Å². The molecule has 2 atom stereocenters. The second kappa shape index (κ2) is 6.83. The number of carbonyl (C=O) groups excluding carboxylic acids is 1. The van der Waals surface area contributed by atoms with Gasteiger partial charge in [0.05, 0.1) is 24.4 Å². The van der Waals surface area contributed by atoms with E-state index in [0.717, 1.165) is 36.9 Å². The molecule has 1 aliphatic carbocycles. The summed E-state index contributed by atoms with van der Waals surface area (Å²) in [6.45, 7) is 5.07. The summed E-state index contributed by atoms with van der Waals surface area (Å²) in [5.41, 5.74) is 1.51. The number of rotatable bonds is 3. The number of hydrogen-bond acceptors (Lipinski definition) is 4. The zero-order valence-electron chi connectivity index (χ0n) is 13.9. The number of hydrogen-bond donors (Lipinski definition) is 1. The van der Waals surface area contributed by atoms with Crippen LogP contribution in [0.25, 0.3) is 0 Å². The van der Waals surface area contributed by atoms with E-state index in [0.29, 0.717) is 26.0 Å². The lowest BCUT2D eigenvalue weighted by Crippen LogP contribution is -2.55. The molecule has 1 aromatic heterocycles. The van der Waals surface area contributed by atoms with Crippen LogP contribution in [0.1, 0.15) is 61.1 Å². The first-order chi connectivity index (χ1) is 11.2. The number of morpholine rings is 1. The Hall–Kier alpha value is -1.69. The summed E-state index contributed by atoms with van der Waals surface area (Å²) in [6, 6.07) is 0.104. The molecule has 2 aliphatic rings. The van der Waals surface area contributed by atoms with E-state index in [-0.39, 0.29) is 29.2 Å². The van der Waals surface area contributed by atoms with Gasteiger partial charge in [0.15, 0.2) is 0 Å². The molecule has 0 unspecified atom stereocenters. The van der Waals surface area contributed by atoms with Crippen LogP contribution in [0.2, 0.25) is 0 Å². The summed E-state index contributed by atoms with van der Waals surface area (Å²) in [5.74, 6) is -0.152. The lowest BCUT2D eigenvalue weighted by Gasteiger charge is -2.43. The monoisotopic (exact) mass is 319 g/mol. The SMILES string of the molecule is CCc1n[nH]c(=O)c(C(=O)N2CCO[C@@H]3CCCC[C@@H]32)c1CC. The minimum absolute atomic E-state index is 0.104. The molecule has 6 heteroatoms. The van der Waals surface area contributed by atoms with Crippen molar-refractivity contribution in [2.45, 2.75) is 64.5 Å². The molecule has 3 rings (SSSR count). The van der Waals surface area contributed by atoms with Gasteiger partial charge in [0.25, 0.3) is 11.5 Å². The Labute approximate surface area is 136 Å². The van der Waals surface area contributed by atoms with Gasteiger partial charge in [-0.15, -0.1) is 0 Å². The minimum Gasteiger partial charge on any atom is -0.374 e. The van der Waals surface area contributed by atoms with Crippen molar-refractivity contribution in [3.05, 3.63) is 27.2 Å². The van der Waals surface area contributed by atoms with Crippen LogP contribution in [0.3, 0.4) is 0 Å². The number of aromatic amines is 1. The average Bonchev–Trinajstić information content (AvgIpc) is 2.60. The summed E-state index contributed by atoms with van der Waals surface area (Å²) >= 11 is 0. The first kappa shape index (κ1) is 16.2. The highest BCUT2D eigenvalue weighted by Gasteiger charge is 2.38. The van der Waals surface area contributed by atoms with Gasteiger partial charge in [-0.1, -0.05) is 26.7 Å². The maximum atomic E-state index is 13.1. The number of aryl methyl sites for hydroxylation is 1. The topological polar surface area (TPSA) is 75.3 Å². The molecule has 126 valence electrons. The summed E-state index contributed by atoms with van der Waals surface area (Å²) in [5, 5.41) is 6.61. The third-order valence-corrected chi connectivity index (χ3v) is 5.06. The number of fused-ring (bicyclic) bond motifs is 1. The molecule has 0 bridgehead atoms. The van der Waals surface area contributed by atoms with Gasteiger partial charge < -0.3 is 9.64 Å². The predicted molar refractivity (Wildman–Crippen MR) is 86.6 cm³/mol. The molecular formula is C17H25N3O3. The molecule has 0 spiro atoms. The van der Waals surface area contributed by atoms with Crippen LogP contribution >= 0.6 is 0 Å². The van der Waals surface area contributed by atoms with E-state index in [1.165, 1.54) is 0 Å². The molecule has 2 heterocycles. The number of ether oxygens (including phenoxy) is 1. The Morgan fingerprint density at radius 1 is 1.30 bits per heavy atom. The lowest BCUT2D eigenvalue weighted by atomic mass is 9.89. The summed E-state index contributed by atoms with van der Waals surface area (Å²) < 4.78 is 5.84. The quantitative estimate of drug-likeness (QED) is 0.920. The van der Waals surface area contributed by atoms with Crippen LogP contribution in [0.15, 0.2) is 4.79 Å². The van der Waals surface area contributed by atoms with Gasteiger partial charge in [0.2, 0.25) is 0 Å². The Kier molecular flexibility index (Phi) is 4.80. The van der Waals surface area contributed by atoms with Crippen molar-refractivity contribution in [3.8, 4) is 0 Å². The van der Waals surface area contributed by atoms with E-state index < -0.39 is 0 Å². The largest absolute Gasteiger partial charge is 0.374 e. The maximum absolute atomic E-state index is 13.1. The molecule has 1 saturated carbocycles. The maximum Gasteiger partial charge on any atom is 0.277 e. The first-order valence-electron chi connectivity index (χ1n) is 8.70. The first-order valence-corrected chi connectivity index (χ1v) is 8.70. The smallest absolute Gasteiger partial charge is 0.277 e. The molecule has 6 nitrogen and oxygen atoms in total. The molecule has 1 aromatic rings. The fourth-order valence-electron chi connectivity index (χ4n) is 3.91. The Bertz CT molecular complexity index is 638. The highest BCUT2D eigenvalue weighted by molar-refractivity contribution is 5.95. The number of amides is 1. The van der Waals surface area contributed by atoms with Crippen LogP contribution in [0, 0.1) is 0 Å². The Balaban J connectivity index is 1.98. The van der Waals surface area contributed by atoms with Gasteiger partial charge in [-0.05, 0) is 31.2 Å². The minimum atomic E-state index is -0.372. The molecule has 0 aromatic carbocycles. The van der Waals surface area contributed by atoms with Crippen LogP contribution in [0.5, 0.6) is 0 Å². The number of nitrogens with zero attached hydrogens (tertiary/aromatic N) is 2. The number of H-pyrrole nitrogens is 1. The van der Waals surface area contributed by atoms with Crippen LogP contribution in [-0.4, -0.2) is 46.3 Å². The van der Waals surface area contributed by atoms with Gasteiger partial charge in [-0.2, -0.15) is 5.10 Å². The normalized spacial score (nSPS) is 24.3. The zero-order chi connectivity index (χ0) is 16.4. The summed E-state index contributed by atoms with van der Waals surface area (Å²) in [7, 11) is 0. The molecule has 1 N–H and O–H groups in total. The fourth-order valence-corrected chi connectivity index (χ4v) is 3.91. The van der Waals surface area contributed by atoms with Gasteiger partial charge in [-0.25, -0.2) is 5.10 Å². The Morgan fingerprint density at radius 3 is 2.83 bits per heavy atom. The molecule has 2 fully saturated rings. The summed E-state index contributed by atoms with van der Waals surface area (Å²) in [6.07, 6.45) is 5.69. The van der Waals surface area contributed by atoms with Crippen molar-refractivity contribution >= 4 is 5.91 Å². The molecule has 1 aliphatic heterocycles. The highest BCUT2D eigenvalue weighted by Crippen LogP contribution is 2.29. The summed E-state index contributed by atoms with van der Waals surface area (Å²) in [4.78, 5) is 27.3. The Morgan fingerprint density at radius 2 is 2.09 bits per heavy atom. The van der Waals surface area contributed by atoms with E-state index in [1.807, 2.05) is 18.7 Å². The van der Waals surface area contributed by atoms with Crippen molar-refractivity contribution < 1.29 is 9.53 Å². The van der Waals surface area contributed by atoms with Crippen LogP contribution < -0.4 is 5.56 Å². The molecule has 0 radical (unpaired) electrons. The molecule has 1 amide bonds. The van der Waals surface area contributed by atoms with Gasteiger partial charge in [0, 0.05) is 6.54 Å². The molecule has 23 heavy (non-hydrogen) atoms. The van der Waals surface area contributed by atoms with Crippen molar-refractivity contribution in [3.63, 3.8) is 0 Å². The lowest BCUT2D eigenvalue weighted by molar-refractivity contribution is -0.0753. The molecular weight excluding hydrogens is 294 g/mol. The second-order valence-electron chi connectivity index (χ2n) is 6.32. The number of carbonyl (C=O) groups is 1. The van der Waals surface area contributed by atoms with Gasteiger partial charge >= 0.3 is 0 Å². The molecule has 1 saturated heterocycles. The second-order valence-corrected chi connectivity index (χ2v) is 6.32. The average molecular weight is 319 g/mol. The van der Waals surface area contributed by atoms with Crippen molar-refractivity contribution in [1.82, 2.24) is 15.1 Å². The van der Waals surface area contributed by atoms with E-state index in [9.17, 15) is 9.59 Å². The van der Waals surface area contributed by atoms with Gasteiger partial charge in [-0.3, -0.25) is 9.59 Å². The van der Waals surface area contributed by atoms with Gasteiger partial charge in [0.1, 0.15) is 5.56 Å². The van der Waals surface area contributed by atoms with Crippen LogP contribution in [-0.2, 0) is 17.6 Å². The van der Waals surface area contributed by atoms with E-state index in [2.05, 4.69) is 10.2 Å². The van der Waals surface area contributed by atoms with Crippen LogP contribution in [0.4, 0.5) is 0 Å². The number of aromatic nitrogens is 2. The van der Waals surface area contributed by atoms with E-state index in [4.69, 9.17) is 4.74 Å². The van der Waals surface area contributed by atoms with E-state index in [1.54, 1.807) is 0 Å². The van der Waals surface area contributed by atoms with Crippen molar-refractivity contribution in [1.29, 1.82) is 0 Å². The zero-order valence-corrected chi connectivity index (χ0v) is 13.9. The van der Waals surface area contributed by atoms with Crippen molar-refractivity contribution in [2.24, 2.45) is 0 Å². The predicted octanol–water partition coefficient (Wildman–Crippen LogP) is 1.68. The third kappa shape index (κ3) is 2.92. The number of nitrogens with one attached hydrogen (secondary N) is 1. The standard InChI is InChI=1S/C17H25N3O3/c1-3-11-12(4-2)18-19-16(21)15(11)17(22)20-9-10-23-14-8-6-5-7-13(14)20/h13-14H,3-10H2,1-2H3,(H,19,21)/t13-,14+/m0/s1. The third-order valence-electron chi connectivity index (χ3n) is 5.06. The fraction of sp³-hybridized carbons (Fsp3) is 0.706. The highest BCUT2D eigenvalue weighted by atomic mass is 16.5. The van der Waals surface area contributed by atoms with Crippen molar-refractivity contribution in [2.75, 3.05) is 13.2 Å².